The van der Waals surface area contributed by atoms with Crippen molar-refractivity contribution in [3.05, 3.63) is 63.1 Å². The number of nitrogens with one attached hydrogen (secondary N) is 1. The normalized spacial score (nSPS) is 17.1. The fourth-order valence-corrected chi connectivity index (χ4v) is 3.85. The quantitative estimate of drug-likeness (QED) is 0.741. The van der Waals surface area contributed by atoms with Crippen molar-refractivity contribution in [2.75, 3.05) is 13.1 Å². The Bertz CT molecular complexity index is 1120. The lowest BCUT2D eigenvalue weighted by atomic mass is 9.92. The molecule has 7 nitrogen and oxygen atoms in total. The molecule has 7 heteroatoms. The number of pyridine rings is 2. The van der Waals surface area contributed by atoms with E-state index in [0.29, 0.717) is 24.6 Å². The van der Waals surface area contributed by atoms with Crippen LogP contribution in [0.4, 0.5) is 0 Å². The van der Waals surface area contributed by atoms with Crippen molar-refractivity contribution >= 4 is 16.9 Å². The van der Waals surface area contributed by atoms with E-state index >= 15 is 0 Å². The molecule has 3 aromatic heterocycles. The Morgan fingerprint density at radius 3 is 2.89 bits per heavy atom. The smallest absolute Gasteiger partial charge is 0.261 e. The second-order valence-corrected chi connectivity index (χ2v) is 7.44. The standard InChI is InChI=1S/C21H23N5O2/c1-12-10-17(20(27)23-13(12)2)21(28)26-9-5-6-15(11-26)18-16-7-4-8-22-19(16)25-14(3)24-18/h4,7-8,10,15H,5-6,9,11H2,1-3H3,(H,23,27). The monoisotopic (exact) mass is 377 g/mol. The summed E-state index contributed by atoms with van der Waals surface area (Å²) in [6.07, 6.45) is 3.53. The Balaban J connectivity index is 1.67. The van der Waals surface area contributed by atoms with Crippen molar-refractivity contribution in [1.82, 2.24) is 24.8 Å². The van der Waals surface area contributed by atoms with Crippen molar-refractivity contribution in [3.8, 4) is 0 Å². The fraction of sp³-hybridized carbons (Fsp3) is 0.381. The van der Waals surface area contributed by atoms with Gasteiger partial charge in [0.05, 0.1) is 5.69 Å². The van der Waals surface area contributed by atoms with Crippen molar-refractivity contribution in [3.63, 3.8) is 0 Å². The van der Waals surface area contributed by atoms with E-state index in [2.05, 4.69) is 19.9 Å². The van der Waals surface area contributed by atoms with Gasteiger partial charge in [-0.25, -0.2) is 15.0 Å². The SMILES string of the molecule is Cc1nc(C2CCCN(C(=O)c3cc(C)c(C)[nH]c3=O)C2)c2cccnc2n1. The lowest BCUT2D eigenvalue weighted by Crippen LogP contribution is -2.41. The highest BCUT2D eigenvalue weighted by molar-refractivity contribution is 5.94. The van der Waals surface area contributed by atoms with Crippen LogP contribution in [0.1, 0.15) is 51.9 Å². The number of hydrogen-bond donors (Lipinski definition) is 1. The number of piperidine rings is 1. The highest BCUT2D eigenvalue weighted by Crippen LogP contribution is 2.30. The summed E-state index contributed by atoms with van der Waals surface area (Å²) in [5.41, 5.74) is 3.17. The molecular weight excluding hydrogens is 354 g/mol. The molecule has 0 aromatic carbocycles. The van der Waals surface area contributed by atoms with E-state index in [9.17, 15) is 9.59 Å². The summed E-state index contributed by atoms with van der Waals surface area (Å²) < 4.78 is 0. The van der Waals surface area contributed by atoms with Gasteiger partial charge >= 0.3 is 0 Å². The summed E-state index contributed by atoms with van der Waals surface area (Å²) in [6.45, 7) is 6.76. The van der Waals surface area contributed by atoms with Crippen LogP contribution in [0.2, 0.25) is 0 Å². The maximum atomic E-state index is 13.1. The van der Waals surface area contributed by atoms with Gasteiger partial charge in [0.2, 0.25) is 0 Å². The van der Waals surface area contributed by atoms with E-state index in [1.165, 1.54) is 0 Å². The first-order chi connectivity index (χ1) is 13.4. The Morgan fingerprint density at radius 1 is 1.25 bits per heavy atom. The molecule has 0 saturated carbocycles. The molecule has 1 aliphatic rings. The van der Waals surface area contributed by atoms with Gasteiger partial charge in [0.15, 0.2) is 5.65 Å². The van der Waals surface area contributed by atoms with Crippen LogP contribution in [0.3, 0.4) is 0 Å². The van der Waals surface area contributed by atoms with Crippen LogP contribution < -0.4 is 5.56 Å². The summed E-state index contributed by atoms with van der Waals surface area (Å²) in [5, 5.41) is 0.927. The number of aryl methyl sites for hydroxylation is 3. The third kappa shape index (κ3) is 3.28. The van der Waals surface area contributed by atoms with Gasteiger partial charge in [-0.15, -0.1) is 0 Å². The van der Waals surface area contributed by atoms with Gasteiger partial charge in [0.25, 0.3) is 11.5 Å². The molecule has 1 atom stereocenters. The maximum absolute atomic E-state index is 13.1. The highest BCUT2D eigenvalue weighted by atomic mass is 16.2. The molecule has 0 spiro atoms. The lowest BCUT2D eigenvalue weighted by molar-refractivity contribution is 0.0704. The molecule has 144 valence electrons. The first-order valence-electron chi connectivity index (χ1n) is 9.53. The van der Waals surface area contributed by atoms with E-state index in [0.717, 1.165) is 35.2 Å². The zero-order valence-electron chi connectivity index (χ0n) is 16.3. The molecule has 28 heavy (non-hydrogen) atoms. The Kier molecular flexibility index (Phi) is 4.66. The zero-order chi connectivity index (χ0) is 19.8. The number of rotatable bonds is 2. The number of H-pyrrole nitrogens is 1. The van der Waals surface area contributed by atoms with E-state index in [1.54, 1.807) is 17.2 Å². The van der Waals surface area contributed by atoms with E-state index in [4.69, 9.17) is 0 Å². The van der Waals surface area contributed by atoms with E-state index < -0.39 is 0 Å². The molecular formula is C21H23N5O2. The van der Waals surface area contributed by atoms with Crippen LogP contribution in [0.5, 0.6) is 0 Å². The van der Waals surface area contributed by atoms with Gasteiger partial charge in [-0.05, 0) is 57.4 Å². The number of likely N-dealkylation sites (tertiary alicyclic amines) is 1. The summed E-state index contributed by atoms with van der Waals surface area (Å²) in [6, 6.07) is 5.55. The largest absolute Gasteiger partial charge is 0.338 e. The van der Waals surface area contributed by atoms with Gasteiger partial charge in [-0.1, -0.05) is 0 Å². The highest BCUT2D eigenvalue weighted by Gasteiger charge is 2.29. The Hall–Kier alpha value is -3.09. The second-order valence-electron chi connectivity index (χ2n) is 7.44. The van der Waals surface area contributed by atoms with Gasteiger partial charge in [-0.3, -0.25) is 9.59 Å². The average Bonchev–Trinajstić information content (AvgIpc) is 2.69. The Morgan fingerprint density at radius 2 is 2.07 bits per heavy atom. The summed E-state index contributed by atoms with van der Waals surface area (Å²) in [7, 11) is 0. The number of carbonyl (C=O) groups is 1. The molecule has 1 aliphatic heterocycles. The van der Waals surface area contributed by atoms with Gasteiger partial charge in [0, 0.05) is 36.3 Å². The van der Waals surface area contributed by atoms with Crippen LogP contribution in [-0.4, -0.2) is 43.8 Å². The molecule has 1 N–H and O–H groups in total. The van der Waals surface area contributed by atoms with Crippen LogP contribution in [-0.2, 0) is 0 Å². The van der Waals surface area contributed by atoms with Crippen molar-refractivity contribution < 1.29 is 4.79 Å². The van der Waals surface area contributed by atoms with Crippen molar-refractivity contribution in [1.29, 1.82) is 0 Å². The molecule has 4 rings (SSSR count). The molecule has 1 unspecified atom stereocenters. The van der Waals surface area contributed by atoms with E-state index in [-0.39, 0.29) is 22.9 Å². The molecule has 1 amide bonds. The van der Waals surface area contributed by atoms with Crippen molar-refractivity contribution in [2.45, 2.75) is 39.5 Å². The summed E-state index contributed by atoms with van der Waals surface area (Å²) >= 11 is 0. The minimum atomic E-state index is -0.331. The number of carbonyl (C=O) groups excluding carboxylic acids is 1. The predicted octanol–water partition coefficient (Wildman–Crippen LogP) is 2.66. The lowest BCUT2D eigenvalue weighted by Gasteiger charge is -2.33. The second kappa shape index (κ2) is 7.14. The topological polar surface area (TPSA) is 91.8 Å². The first kappa shape index (κ1) is 18.3. The summed E-state index contributed by atoms with van der Waals surface area (Å²) in [4.78, 5) is 43.4. The Labute approximate surface area is 162 Å². The number of amides is 1. The molecule has 0 aliphatic carbocycles. The molecule has 0 bridgehead atoms. The third-order valence-corrected chi connectivity index (χ3v) is 5.44. The predicted molar refractivity (Wildman–Crippen MR) is 106 cm³/mol. The van der Waals surface area contributed by atoms with Crippen LogP contribution in [0.15, 0.2) is 29.2 Å². The molecule has 0 radical (unpaired) electrons. The van der Waals surface area contributed by atoms with Crippen LogP contribution >= 0.6 is 0 Å². The van der Waals surface area contributed by atoms with Gasteiger partial charge in [-0.2, -0.15) is 0 Å². The minimum Gasteiger partial charge on any atom is -0.338 e. The minimum absolute atomic E-state index is 0.0942. The molecule has 1 saturated heterocycles. The number of aromatic nitrogens is 4. The van der Waals surface area contributed by atoms with E-state index in [1.807, 2.05) is 32.9 Å². The molecule has 3 aromatic rings. The zero-order valence-corrected chi connectivity index (χ0v) is 16.3. The number of aromatic amines is 1. The summed E-state index contributed by atoms with van der Waals surface area (Å²) in [5.74, 6) is 0.550. The molecule has 4 heterocycles. The number of nitrogens with zero attached hydrogens (tertiary/aromatic N) is 4. The third-order valence-electron chi connectivity index (χ3n) is 5.44. The molecule has 1 fully saturated rings. The van der Waals surface area contributed by atoms with Crippen LogP contribution in [0, 0.1) is 20.8 Å². The average molecular weight is 377 g/mol. The van der Waals surface area contributed by atoms with Gasteiger partial charge in [0.1, 0.15) is 11.4 Å². The fourth-order valence-electron chi connectivity index (χ4n) is 3.85. The van der Waals surface area contributed by atoms with Crippen LogP contribution in [0.25, 0.3) is 11.0 Å². The number of hydrogen-bond acceptors (Lipinski definition) is 5. The van der Waals surface area contributed by atoms with Gasteiger partial charge < -0.3 is 9.88 Å². The van der Waals surface area contributed by atoms with Crippen molar-refractivity contribution in [2.24, 2.45) is 0 Å². The maximum Gasteiger partial charge on any atom is 0.261 e. The first-order valence-corrected chi connectivity index (χ1v) is 9.53. The number of fused-ring (bicyclic) bond motifs is 1.